The van der Waals surface area contributed by atoms with E-state index >= 15 is 0 Å². The summed E-state index contributed by atoms with van der Waals surface area (Å²) in [6, 6.07) is 5.07. The van der Waals surface area contributed by atoms with E-state index in [0.717, 1.165) is 4.88 Å². The molecule has 0 radical (unpaired) electrons. The van der Waals surface area contributed by atoms with Crippen LogP contribution in [0.1, 0.15) is 10.6 Å². The standard InChI is InChI=1S/C12H15N3O2S2/c1-9-12(4-3-5-14-9)15-19(16,17)11-6-10(7-13-2)18-8-11/h3-6,8,13,15H,7H2,1-2H3. The summed E-state index contributed by atoms with van der Waals surface area (Å²) >= 11 is 1.42. The maximum atomic E-state index is 12.2. The number of sulfonamides is 1. The summed E-state index contributed by atoms with van der Waals surface area (Å²) < 4.78 is 27.0. The van der Waals surface area contributed by atoms with Crippen molar-refractivity contribution >= 4 is 27.0 Å². The highest BCUT2D eigenvalue weighted by molar-refractivity contribution is 7.92. The average molecular weight is 297 g/mol. The number of pyridine rings is 1. The molecule has 102 valence electrons. The number of nitrogens with zero attached hydrogens (tertiary/aromatic N) is 1. The van der Waals surface area contributed by atoms with Gasteiger partial charge in [-0.25, -0.2) is 8.42 Å². The highest BCUT2D eigenvalue weighted by atomic mass is 32.2. The maximum absolute atomic E-state index is 12.2. The van der Waals surface area contributed by atoms with Crippen molar-refractivity contribution < 1.29 is 8.42 Å². The molecule has 5 nitrogen and oxygen atoms in total. The van der Waals surface area contributed by atoms with Gasteiger partial charge in [0.15, 0.2) is 0 Å². The molecule has 0 fully saturated rings. The molecule has 0 aromatic carbocycles. The Balaban J connectivity index is 2.25. The molecular formula is C12H15N3O2S2. The van der Waals surface area contributed by atoms with Gasteiger partial charge in [-0.15, -0.1) is 11.3 Å². The van der Waals surface area contributed by atoms with Gasteiger partial charge in [0.05, 0.1) is 16.3 Å². The van der Waals surface area contributed by atoms with E-state index in [2.05, 4.69) is 15.0 Å². The quantitative estimate of drug-likeness (QED) is 0.885. The van der Waals surface area contributed by atoms with Gasteiger partial charge in [-0.2, -0.15) is 0 Å². The van der Waals surface area contributed by atoms with E-state index in [-0.39, 0.29) is 4.90 Å². The fourth-order valence-electron chi connectivity index (χ4n) is 1.56. The third kappa shape index (κ3) is 3.31. The molecule has 2 N–H and O–H groups in total. The summed E-state index contributed by atoms with van der Waals surface area (Å²) in [5.41, 5.74) is 1.15. The Labute approximate surface area is 116 Å². The number of rotatable bonds is 5. The van der Waals surface area contributed by atoms with Gasteiger partial charge in [0.1, 0.15) is 0 Å². The second-order valence-electron chi connectivity index (χ2n) is 4.02. The molecule has 2 aromatic rings. The van der Waals surface area contributed by atoms with Gasteiger partial charge < -0.3 is 5.32 Å². The third-order valence-electron chi connectivity index (χ3n) is 2.54. The smallest absolute Gasteiger partial charge is 0.262 e. The van der Waals surface area contributed by atoms with E-state index in [1.807, 2.05) is 7.05 Å². The monoisotopic (exact) mass is 297 g/mol. The average Bonchev–Trinajstić information content (AvgIpc) is 2.82. The van der Waals surface area contributed by atoms with Gasteiger partial charge in [0.25, 0.3) is 10.0 Å². The summed E-state index contributed by atoms with van der Waals surface area (Å²) in [5, 5.41) is 4.63. The predicted molar refractivity (Wildman–Crippen MR) is 76.9 cm³/mol. The van der Waals surface area contributed by atoms with Gasteiger partial charge >= 0.3 is 0 Å². The second kappa shape index (κ2) is 5.68. The Hall–Kier alpha value is -1.44. The van der Waals surface area contributed by atoms with Crippen molar-refractivity contribution in [1.82, 2.24) is 10.3 Å². The van der Waals surface area contributed by atoms with Crippen molar-refractivity contribution in [3.8, 4) is 0 Å². The number of anilines is 1. The first-order valence-electron chi connectivity index (χ1n) is 5.69. The topological polar surface area (TPSA) is 71.1 Å². The number of aromatic nitrogens is 1. The maximum Gasteiger partial charge on any atom is 0.262 e. The van der Waals surface area contributed by atoms with Crippen molar-refractivity contribution in [2.24, 2.45) is 0 Å². The molecule has 0 atom stereocenters. The molecule has 0 aliphatic heterocycles. The molecule has 0 saturated heterocycles. The van der Waals surface area contributed by atoms with Crippen molar-refractivity contribution in [1.29, 1.82) is 0 Å². The molecule has 0 amide bonds. The first-order chi connectivity index (χ1) is 9.03. The highest BCUT2D eigenvalue weighted by Crippen LogP contribution is 2.22. The molecule has 2 heterocycles. The molecule has 0 unspecified atom stereocenters. The zero-order valence-corrected chi connectivity index (χ0v) is 12.3. The van der Waals surface area contributed by atoms with Gasteiger partial charge in [0.2, 0.25) is 0 Å². The van der Waals surface area contributed by atoms with Gasteiger partial charge in [-0.1, -0.05) is 0 Å². The van der Waals surface area contributed by atoms with Crippen LogP contribution in [0.2, 0.25) is 0 Å². The Kier molecular flexibility index (Phi) is 4.18. The molecule has 2 rings (SSSR count). The van der Waals surface area contributed by atoms with Crippen molar-refractivity contribution in [3.05, 3.63) is 40.3 Å². The fraction of sp³-hybridized carbons (Fsp3) is 0.250. The van der Waals surface area contributed by atoms with Gasteiger partial charge in [-0.05, 0) is 32.2 Å². The van der Waals surface area contributed by atoms with Crippen molar-refractivity contribution in [3.63, 3.8) is 0 Å². The van der Waals surface area contributed by atoms with Crippen LogP contribution >= 0.6 is 11.3 Å². The van der Waals surface area contributed by atoms with Crippen LogP contribution in [0.25, 0.3) is 0 Å². The Morgan fingerprint density at radius 3 is 2.89 bits per heavy atom. The number of hydrogen-bond acceptors (Lipinski definition) is 5. The molecule has 0 bridgehead atoms. The first kappa shape index (κ1) is 14.0. The second-order valence-corrected chi connectivity index (χ2v) is 6.70. The van der Waals surface area contributed by atoms with Crippen LogP contribution in [-0.2, 0) is 16.6 Å². The third-order valence-corrected chi connectivity index (χ3v) is 4.97. The van der Waals surface area contributed by atoms with Crippen LogP contribution in [0.5, 0.6) is 0 Å². The largest absolute Gasteiger partial charge is 0.315 e. The molecule has 0 saturated carbocycles. The Morgan fingerprint density at radius 2 is 2.21 bits per heavy atom. The SMILES string of the molecule is CNCc1cc(S(=O)(=O)Nc2cccnc2C)cs1. The summed E-state index contributed by atoms with van der Waals surface area (Å²) in [6.07, 6.45) is 1.63. The van der Waals surface area contributed by atoms with Crippen LogP contribution in [-0.4, -0.2) is 20.4 Å². The van der Waals surface area contributed by atoms with Gasteiger partial charge in [-0.3, -0.25) is 9.71 Å². The minimum Gasteiger partial charge on any atom is -0.315 e. The molecule has 7 heteroatoms. The summed E-state index contributed by atoms with van der Waals surface area (Å²) in [5.74, 6) is 0. The number of nitrogens with one attached hydrogen (secondary N) is 2. The molecule has 0 aliphatic carbocycles. The fourth-order valence-corrected chi connectivity index (χ4v) is 3.97. The lowest BCUT2D eigenvalue weighted by molar-refractivity contribution is 0.601. The lowest BCUT2D eigenvalue weighted by Crippen LogP contribution is -2.13. The number of aryl methyl sites for hydroxylation is 1. The van der Waals surface area contributed by atoms with E-state index in [9.17, 15) is 8.42 Å². The van der Waals surface area contributed by atoms with E-state index in [4.69, 9.17) is 0 Å². The van der Waals surface area contributed by atoms with E-state index in [1.54, 1.807) is 36.7 Å². The van der Waals surface area contributed by atoms with Crippen LogP contribution in [0, 0.1) is 6.92 Å². The molecule has 0 aliphatic rings. The molecule has 2 aromatic heterocycles. The van der Waals surface area contributed by atoms with E-state index in [0.29, 0.717) is 17.9 Å². The predicted octanol–water partition coefficient (Wildman–Crippen LogP) is 1.97. The van der Waals surface area contributed by atoms with Crippen LogP contribution < -0.4 is 10.0 Å². The van der Waals surface area contributed by atoms with E-state index < -0.39 is 10.0 Å². The lowest BCUT2D eigenvalue weighted by Gasteiger charge is -2.08. The van der Waals surface area contributed by atoms with Crippen LogP contribution in [0.4, 0.5) is 5.69 Å². The zero-order valence-electron chi connectivity index (χ0n) is 10.7. The molecule has 0 spiro atoms. The lowest BCUT2D eigenvalue weighted by atomic mass is 10.3. The summed E-state index contributed by atoms with van der Waals surface area (Å²) in [6.45, 7) is 2.42. The number of hydrogen-bond donors (Lipinski definition) is 2. The molecule has 19 heavy (non-hydrogen) atoms. The van der Waals surface area contributed by atoms with Crippen LogP contribution in [0.15, 0.2) is 34.7 Å². The first-order valence-corrected chi connectivity index (χ1v) is 8.05. The van der Waals surface area contributed by atoms with Crippen LogP contribution in [0.3, 0.4) is 0 Å². The summed E-state index contributed by atoms with van der Waals surface area (Å²) in [4.78, 5) is 5.32. The normalized spacial score (nSPS) is 11.5. The minimum atomic E-state index is -3.54. The minimum absolute atomic E-state index is 0.283. The Bertz CT molecular complexity index is 665. The van der Waals surface area contributed by atoms with Gasteiger partial charge in [0, 0.05) is 23.0 Å². The highest BCUT2D eigenvalue weighted by Gasteiger charge is 2.17. The summed E-state index contributed by atoms with van der Waals surface area (Å²) in [7, 11) is -1.72. The Morgan fingerprint density at radius 1 is 1.42 bits per heavy atom. The van der Waals surface area contributed by atoms with Crippen molar-refractivity contribution in [2.45, 2.75) is 18.4 Å². The van der Waals surface area contributed by atoms with Crippen molar-refractivity contribution in [2.75, 3.05) is 11.8 Å². The molecular weight excluding hydrogens is 282 g/mol. The zero-order chi connectivity index (χ0) is 13.9. The number of thiophene rings is 1. The van der Waals surface area contributed by atoms with E-state index in [1.165, 1.54) is 11.3 Å².